The van der Waals surface area contributed by atoms with E-state index in [1.54, 1.807) is 6.92 Å². The average molecular weight is 449 g/mol. The monoisotopic (exact) mass is 448 g/mol. The molecule has 0 saturated carbocycles. The van der Waals surface area contributed by atoms with Crippen molar-refractivity contribution >= 4 is 42.6 Å². The summed E-state index contributed by atoms with van der Waals surface area (Å²) in [5, 5.41) is 9.46. The molecule has 10 heteroatoms. The van der Waals surface area contributed by atoms with E-state index in [4.69, 9.17) is 0 Å². The number of carboxylic acid groups (broad SMARTS) is 1. The number of benzene rings is 1. The first kappa shape index (κ1) is 20.5. The Morgan fingerprint density at radius 2 is 2.08 bits per heavy atom. The summed E-state index contributed by atoms with van der Waals surface area (Å²) in [4.78, 5) is 28.5. The summed E-state index contributed by atoms with van der Waals surface area (Å²) >= 11 is 3.02. The van der Waals surface area contributed by atoms with Gasteiger partial charge in [0, 0.05) is 12.3 Å². The highest BCUT2D eigenvalue weighted by atomic mass is 79.9. The van der Waals surface area contributed by atoms with Crippen molar-refractivity contribution in [3.8, 4) is 0 Å². The minimum Gasteiger partial charge on any atom is -0.480 e. The molecule has 2 atom stereocenters. The Balaban J connectivity index is 2.61. The number of aliphatic carboxylic acids is 1. The van der Waals surface area contributed by atoms with Gasteiger partial charge in [-0.3, -0.25) is 14.2 Å². The van der Waals surface area contributed by atoms with Crippen molar-refractivity contribution in [2.45, 2.75) is 37.5 Å². The molecule has 26 heavy (non-hydrogen) atoms. The van der Waals surface area contributed by atoms with Gasteiger partial charge in [0.15, 0.2) is 14.6 Å². The highest BCUT2D eigenvalue weighted by molar-refractivity contribution is 9.10. The summed E-state index contributed by atoms with van der Waals surface area (Å²) in [5.74, 6) is -2.12. The molecule has 0 saturated heterocycles. The van der Waals surface area contributed by atoms with Gasteiger partial charge in [-0.25, -0.2) is 17.8 Å². The Hall–Kier alpha value is -1.81. The van der Waals surface area contributed by atoms with E-state index in [0.717, 1.165) is 19.2 Å². The van der Waals surface area contributed by atoms with E-state index < -0.39 is 38.0 Å². The number of rotatable bonds is 6. The van der Waals surface area contributed by atoms with Crippen LogP contribution in [0.1, 0.15) is 32.7 Å². The first-order chi connectivity index (χ1) is 11.9. The number of aromatic nitrogens is 2. The minimum absolute atomic E-state index is 0.0306. The maximum absolute atomic E-state index is 13.8. The fraction of sp³-hybridized carbons (Fsp3) is 0.438. The van der Waals surface area contributed by atoms with Crippen molar-refractivity contribution in [2.24, 2.45) is 0 Å². The molecule has 0 radical (unpaired) electrons. The number of halogens is 2. The van der Waals surface area contributed by atoms with E-state index in [2.05, 4.69) is 20.9 Å². The maximum atomic E-state index is 13.8. The van der Waals surface area contributed by atoms with Gasteiger partial charge < -0.3 is 5.11 Å². The first-order valence-electron chi connectivity index (χ1n) is 7.71. The third-order valence-electron chi connectivity index (χ3n) is 4.59. The van der Waals surface area contributed by atoms with E-state index in [-0.39, 0.29) is 21.8 Å². The largest absolute Gasteiger partial charge is 0.480 e. The lowest BCUT2D eigenvalue weighted by atomic mass is 9.98. The van der Waals surface area contributed by atoms with Crippen LogP contribution in [-0.4, -0.2) is 40.0 Å². The topological polar surface area (TPSA) is 106 Å². The Bertz CT molecular complexity index is 1040. The molecule has 1 N–H and O–H groups in total. The van der Waals surface area contributed by atoms with Crippen LogP contribution in [0.5, 0.6) is 0 Å². The summed E-state index contributed by atoms with van der Waals surface area (Å²) in [5.41, 5.74) is -0.284. The highest BCUT2D eigenvalue weighted by Crippen LogP contribution is 2.30. The molecule has 0 amide bonds. The van der Waals surface area contributed by atoms with E-state index in [1.807, 2.05) is 0 Å². The molecule has 0 spiro atoms. The van der Waals surface area contributed by atoms with Crippen molar-refractivity contribution in [1.82, 2.24) is 9.55 Å². The standard InChI is InChI=1S/C16H18BrFN2O5S/c1-4-9(7-16(2,15(22)23)26(3,24)25)20-8-19-13-6-11(17)12(18)5-10(13)14(20)21/h5-6,8-9H,4,7H2,1-3H3,(H,22,23). The molecule has 7 nitrogen and oxygen atoms in total. The normalized spacial score (nSPS) is 15.6. The van der Waals surface area contributed by atoms with Gasteiger partial charge >= 0.3 is 5.97 Å². The van der Waals surface area contributed by atoms with Crippen molar-refractivity contribution in [3.63, 3.8) is 0 Å². The molecule has 1 aromatic carbocycles. The lowest BCUT2D eigenvalue weighted by Crippen LogP contribution is -2.45. The van der Waals surface area contributed by atoms with Gasteiger partial charge in [0.2, 0.25) is 0 Å². The zero-order chi connectivity index (χ0) is 19.9. The minimum atomic E-state index is -3.95. The van der Waals surface area contributed by atoms with Crippen LogP contribution < -0.4 is 5.56 Å². The Morgan fingerprint density at radius 1 is 1.46 bits per heavy atom. The molecule has 0 bridgehead atoms. The van der Waals surface area contributed by atoms with Crippen LogP contribution in [0.3, 0.4) is 0 Å². The second-order valence-corrected chi connectivity index (χ2v) is 9.61. The summed E-state index contributed by atoms with van der Waals surface area (Å²) in [6.45, 7) is 2.82. The van der Waals surface area contributed by atoms with Gasteiger partial charge in [0.1, 0.15) is 5.82 Å². The number of hydrogen-bond acceptors (Lipinski definition) is 5. The molecular weight excluding hydrogens is 431 g/mol. The van der Waals surface area contributed by atoms with Crippen LogP contribution in [0.2, 0.25) is 0 Å². The van der Waals surface area contributed by atoms with Crippen molar-refractivity contribution in [2.75, 3.05) is 6.26 Å². The van der Waals surface area contributed by atoms with Crippen LogP contribution in [0.25, 0.3) is 10.9 Å². The smallest absolute Gasteiger partial charge is 0.324 e. The molecule has 1 heterocycles. The van der Waals surface area contributed by atoms with Gasteiger partial charge in [0.25, 0.3) is 5.56 Å². The summed E-state index contributed by atoms with van der Waals surface area (Å²) < 4.78 is 37.1. The van der Waals surface area contributed by atoms with Crippen LogP contribution in [0.15, 0.2) is 27.7 Å². The molecule has 142 valence electrons. The van der Waals surface area contributed by atoms with Crippen molar-refractivity contribution in [1.29, 1.82) is 0 Å². The number of carboxylic acids is 1. The SMILES string of the molecule is CCC(CC(C)(C(=O)O)S(C)(=O)=O)n1cnc2cc(Br)c(F)cc2c1=O. The molecular formula is C16H18BrFN2O5S. The second kappa shape index (κ2) is 7.07. The first-order valence-corrected chi connectivity index (χ1v) is 10.4. The lowest BCUT2D eigenvalue weighted by molar-refractivity contribution is -0.140. The van der Waals surface area contributed by atoms with Crippen LogP contribution in [-0.2, 0) is 14.6 Å². The predicted octanol–water partition coefficient (Wildman–Crippen LogP) is 2.53. The lowest BCUT2D eigenvalue weighted by Gasteiger charge is -2.28. The Morgan fingerprint density at radius 3 is 2.58 bits per heavy atom. The molecule has 0 aliphatic carbocycles. The zero-order valence-electron chi connectivity index (χ0n) is 14.4. The molecule has 0 aliphatic heterocycles. The third-order valence-corrected chi connectivity index (χ3v) is 7.17. The summed E-state index contributed by atoms with van der Waals surface area (Å²) in [7, 11) is -3.95. The van der Waals surface area contributed by atoms with Crippen LogP contribution in [0, 0.1) is 5.82 Å². The maximum Gasteiger partial charge on any atom is 0.324 e. The molecule has 2 unspecified atom stereocenters. The van der Waals surface area contributed by atoms with Gasteiger partial charge in [-0.2, -0.15) is 0 Å². The second-order valence-electron chi connectivity index (χ2n) is 6.31. The Labute approximate surface area is 157 Å². The highest BCUT2D eigenvalue weighted by Gasteiger charge is 2.45. The van der Waals surface area contributed by atoms with Gasteiger partial charge in [-0.1, -0.05) is 6.92 Å². The van der Waals surface area contributed by atoms with Crippen molar-refractivity contribution < 1.29 is 22.7 Å². The molecule has 0 fully saturated rings. The summed E-state index contributed by atoms with van der Waals surface area (Å²) in [6.07, 6.45) is 2.06. The fourth-order valence-electron chi connectivity index (χ4n) is 2.68. The predicted molar refractivity (Wildman–Crippen MR) is 98.5 cm³/mol. The molecule has 2 aromatic rings. The Kier molecular flexibility index (Phi) is 5.57. The zero-order valence-corrected chi connectivity index (χ0v) is 16.8. The van der Waals surface area contributed by atoms with E-state index in [9.17, 15) is 27.5 Å². The number of nitrogens with zero attached hydrogens (tertiary/aromatic N) is 2. The fourth-order valence-corrected chi connectivity index (χ4v) is 3.82. The molecule has 2 rings (SSSR count). The average Bonchev–Trinajstić information content (AvgIpc) is 2.54. The van der Waals surface area contributed by atoms with E-state index in [0.29, 0.717) is 6.42 Å². The van der Waals surface area contributed by atoms with E-state index >= 15 is 0 Å². The van der Waals surface area contributed by atoms with Crippen LogP contribution >= 0.6 is 15.9 Å². The quantitative estimate of drug-likeness (QED) is 0.727. The van der Waals surface area contributed by atoms with Gasteiger partial charge in [-0.05, 0) is 47.8 Å². The van der Waals surface area contributed by atoms with Gasteiger partial charge in [0.05, 0.1) is 21.7 Å². The third kappa shape index (κ3) is 3.52. The van der Waals surface area contributed by atoms with Gasteiger partial charge in [-0.15, -0.1) is 0 Å². The number of sulfone groups is 1. The van der Waals surface area contributed by atoms with Crippen LogP contribution in [0.4, 0.5) is 4.39 Å². The molecule has 1 aromatic heterocycles. The number of carbonyl (C=O) groups is 1. The van der Waals surface area contributed by atoms with E-state index in [1.165, 1.54) is 17.0 Å². The summed E-state index contributed by atoms with van der Waals surface area (Å²) in [6, 6.07) is 1.68. The number of hydrogen-bond donors (Lipinski definition) is 1. The molecule has 0 aliphatic rings. The van der Waals surface area contributed by atoms with Crippen molar-refractivity contribution in [3.05, 3.63) is 39.1 Å². The number of fused-ring (bicyclic) bond motifs is 1.